The van der Waals surface area contributed by atoms with Crippen molar-refractivity contribution in [2.24, 2.45) is 11.3 Å². The molecule has 0 heterocycles. The van der Waals surface area contributed by atoms with Gasteiger partial charge in [0.25, 0.3) is 0 Å². The molecule has 0 bridgehead atoms. The molecular weight excluding hydrogens is 144 g/mol. The van der Waals surface area contributed by atoms with Crippen LogP contribution in [0.15, 0.2) is 0 Å². The predicted octanol–water partition coefficient (Wildman–Crippen LogP) is 4.39. The largest absolute Gasteiger partial charge is 0.0776 e. The zero-order valence-electron chi connectivity index (χ0n) is 7.73. The molecule has 0 radical (unpaired) electrons. The normalized spacial score (nSPS) is 32.2. The second kappa shape index (κ2) is 3.81. The quantitative estimate of drug-likeness (QED) is 0.544. The Kier molecular flexibility index (Phi) is 3.20. The van der Waals surface area contributed by atoms with Gasteiger partial charge in [-0.2, -0.15) is 0 Å². The van der Waals surface area contributed by atoms with Crippen LogP contribution in [0.5, 0.6) is 0 Å². The predicted molar refractivity (Wildman–Crippen MR) is 55.3 cm³/mol. The van der Waals surface area contributed by atoms with Crippen molar-refractivity contribution >= 4 is 0 Å². The number of hydrogen-bond donors (Lipinski definition) is 0. The molecule has 72 valence electrons. The zero-order chi connectivity index (χ0) is 7.73. The van der Waals surface area contributed by atoms with E-state index in [1.54, 1.807) is 19.3 Å². The molecule has 1 spiro atoms. The van der Waals surface area contributed by atoms with Crippen LogP contribution >= 0.6 is 0 Å². The van der Waals surface area contributed by atoms with Crippen molar-refractivity contribution < 1.29 is 0 Å². The molecule has 2 aliphatic carbocycles. The Morgan fingerprint density at radius 3 is 2.17 bits per heavy atom. The molecule has 12 heavy (non-hydrogen) atoms. The van der Waals surface area contributed by atoms with Crippen LogP contribution in [0.4, 0.5) is 0 Å². The van der Waals surface area contributed by atoms with E-state index in [2.05, 4.69) is 6.92 Å². The maximum Gasteiger partial charge on any atom is -0.0269 e. The van der Waals surface area contributed by atoms with Gasteiger partial charge in [0.1, 0.15) is 0 Å². The summed E-state index contributed by atoms with van der Waals surface area (Å²) in [7, 11) is 0. The smallest absolute Gasteiger partial charge is 0.0269 e. The molecule has 1 unspecified atom stereocenters. The molecular formula is C12H24. The highest BCUT2D eigenvalue weighted by atomic mass is 14.5. The highest BCUT2D eigenvalue weighted by Gasteiger charge is 2.45. The minimum atomic E-state index is 0. The highest BCUT2D eigenvalue weighted by molar-refractivity contribution is 4.96. The minimum absolute atomic E-state index is 0. The van der Waals surface area contributed by atoms with Gasteiger partial charge < -0.3 is 0 Å². The average Bonchev–Trinajstić information content (AvgIpc) is 2.05. The van der Waals surface area contributed by atoms with E-state index in [4.69, 9.17) is 0 Å². The van der Waals surface area contributed by atoms with Gasteiger partial charge in [-0.25, -0.2) is 0 Å². The second-order valence-electron chi connectivity index (χ2n) is 4.57. The first kappa shape index (κ1) is 10.1. The average molecular weight is 168 g/mol. The SMILES string of the molecule is C.CCC1CCC12CCCCC2. The molecule has 0 saturated heterocycles. The van der Waals surface area contributed by atoms with Crippen molar-refractivity contribution in [1.82, 2.24) is 0 Å². The summed E-state index contributed by atoms with van der Waals surface area (Å²) in [4.78, 5) is 0. The van der Waals surface area contributed by atoms with Crippen molar-refractivity contribution in [3.05, 3.63) is 0 Å². The van der Waals surface area contributed by atoms with Crippen LogP contribution in [0.25, 0.3) is 0 Å². The topological polar surface area (TPSA) is 0 Å². The van der Waals surface area contributed by atoms with Crippen molar-refractivity contribution in [3.63, 3.8) is 0 Å². The molecule has 0 aromatic rings. The van der Waals surface area contributed by atoms with Gasteiger partial charge in [-0.1, -0.05) is 40.0 Å². The lowest BCUT2D eigenvalue weighted by atomic mass is 9.53. The fourth-order valence-corrected chi connectivity index (χ4v) is 3.31. The van der Waals surface area contributed by atoms with Crippen LogP contribution in [0.3, 0.4) is 0 Å². The van der Waals surface area contributed by atoms with Gasteiger partial charge >= 0.3 is 0 Å². The summed E-state index contributed by atoms with van der Waals surface area (Å²) in [5.41, 5.74) is 0.868. The fraction of sp³-hybridized carbons (Fsp3) is 1.00. The summed E-state index contributed by atoms with van der Waals surface area (Å²) >= 11 is 0. The van der Waals surface area contributed by atoms with E-state index in [-0.39, 0.29) is 7.43 Å². The third-order valence-electron chi connectivity index (χ3n) is 4.20. The molecule has 0 N–H and O–H groups in total. The van der Waals surface area contributed by atoms with Gasteiger partial charge in [0.2, 0.25) is 0 Å². The first-order valence-electron chi connectivity index (χ1n) is 5.37. The number of rotatable bonds is 1. The van der Waals surface area contributed by atoms with Gasteiger partial charge in [0.05, 0.1) is 0 Å². The minimum Gasteiger partial charge on any atom is -0.0776 e. The molecule has 0 aromatic carbocycles. The Labute approximate surface area is 77.7 Å². The summed E-state index contributed by atoms with van der Waals surface area (Å²) in [6, 6.07) is 0. The van der Waals surface area contributed by atoms with Gasteiger partial charge in [-0.05, 0) is 37.0 Å². The first-order chi connectivity index (χ1) is 5.37. The van der Waals surface area contributed by atoms with Crippen molar-refractivity contribution in [1.29, 1.82) is 0 Å². The summed E-state index contributed by atoms with van der Waals surface area (Å²) in [6.45, 7) is 2.38. The molecule has 0 amide bonds. The van der Waals surface area contributed by atoms with E-state index >= 15 is 0 Å². The second-order valence-corrected chi connectivity index (χ2v) is 4.57. The van der Waals surface area contributed by atoms with Gasteiger partial charge in [-0.15, -0.1) is 0 Å². The lowest BCUT2D eigenvalue weighted by Crippen LogP contribution is -2.41. The van der Waals surface area contributed by atoms with E-state index in [1.807, 2.05) is 0 Å². The molecule has 2 aliphatic rings. The fourth-order valence-electron chi connectivity index (χ4n) is 3.31. The third-order valence-corrected chi connectivity index (χ3v) is 4.20. The number of hydrogen-bond acceptors (Lipinski definition) is 0. The van der Waals surface area contributed by atoms with E-state index in [1.165, 1.54) is 32.1 Å². The van der Waals surface area contributed by atoms with Gasteiger partial charge in [-0.3, -0.25) is 0 Å². The lowest BCUT2D eigenvalue weighted by Gasteiger charge is -2.52. The summed E-state index contributed by atoms with van der Waals surface area (Å²) in [5, 5.41) is 0. The highest BCUT2D eigenvalue weighted by Crippen LogP contribution is 2.56. The molecule has 2 rings (SSSR count). The molecule has 0 heteroatoms. The lowest BCUT2D eigenvalue weighted by molar-refractivity contribution is -0.0111. The molecule has 0 aliphatic heterocycles. The molecule has 2 fully saturated rings. The first-order valence-corrected chi connectivity index (χ1v) is 5.37. The Morgan fingerprint density at radius 1 is 1.08 bits per heavy atom. The van der Waals surface area contributed by atoms with Gasteiger partial charge in [0, 0.05) is 0 Å². The summed E-state index contributed by atoms with van der Waals surface area (Å²) in [6.07, 6.45) is 12.2. The standard InChI is InChI=1S/C11H20.CH4/c1-2-10-6-9-11(10)7-4-3-5-8-11;/h10H,2-9H2,1H3;1H4. The Hall–Kier alpha value is 0. The van der Waals surface area contributed by atoms with Crippen LogP contribution < -0.4 is 0 Å². The third kappa shape index (κ3) is 1.41. The summed E-state index contributed by atoms with van der Waals surface area (Å²) < 4.78 is 0. The zero-order valence-corrected chi connectivity index (χ0v) is 7.73. The van der Waals surface area contributed by atoms with Crippen LogP contribution in [0.2, 0.25) is 0 Å². The Balaban J connectivity index is 0.000000720. The van der Waals surface area contributed by atoms with E-state index < -0.39 is 0 Å². The summed E-state index contributed by atoms with van der Waals surface area (Å²) in [5.74, 6) is 1.11. The van der Waals surface area contributed by atoms with Crippen LogP contribution in [-0.2, 0) is 0 Å². The van der Waals surface area contributed by atoms with Gasteiger partial charge in [0.15, 0.2) is 0 Å². The monoisotopic (exact) mass is 168 g/mol. The van der Waals surface area contributed by atoms with Crippen LogP contribution in [0.1, 0.15) is 65.7 Å². The van der Waals surface area contributed by atoms with Crippen molar-refractivity contribution in [2.45, 2.75) is 65.7 Å². The van der Waals surface area contributed by atoms with E-state index in [0.717, 1.165) is 11.3 Å². The van der Waals surface area contributed by atoms with Crippen LogP contribution in [-0.4, -0.2) is 0 Å². The maximum absolute atomic E-state index is 2.38. The van der Waals surface area contributed by atoms with E-state index in [9.17, 15) is 0 Å². The van der Waals surface area contributed by atoms with Crippen molar-refractivity contribution in [3.8, 4) is 0 Å². The van der Waals surface area contributed by atoms with Crippen molar-refractivity contribution in [2.75, 3.05) is 0 Å². The molecule has 2 saturated carbocycles. The van der Waals surface area contributed by atoms with E-state index in [0.29, 0.717) is 0 Å². The maximum atomic E-state index is 2.38. The molecule has 0 aromatic heterocycles. The molecule has 0 nitrogen and oxygen atoms in total. The Morgan fingerprint density at radius 2 is 1.75 bits per heavy atom. The molecule has 1 atom stereocenters. The Bertz CT molecular complexity index is 129. The van der Waals surface area contributed by atoms with Crippen LogP contribution in [0, 0.1) is 11.3 Å².